The fourth-order valence-electron chi connectivity index (χ4n) is 8.09. The summed E-state index contributed by atoms with van der Waals surface area (Å²) in [6.07, 6.45) is 9.25. The van der Waals surface area contributed by atoms with Crippen LogP contribution in [0.4, 0.5) is 0 Å². The fraction of sp³-hybridized carbons (Fsp3) is 0.231. The standard InChI is InChI=1S/C31H28NO.C21H22GeN.Ir/c1-31(2,23-11-6-7-12-23)24-17-18-32-28(20-24)27-14-8-13-26-25-16-15-22(19-29(25)33-30(26)27)21-9-4-3-5-10-21;1-16-10-11-18(14-20(16)17-8-6-5-7-9-17)21-13-12-19(15-23-21)22(2,3)4;/h3-5,8-10,13,15-20,23H,6-7,11-12H2,1-2H3;5-10,12-15H,1-4H3;/q2*-1;/i;1D3;. The van der Waals surface area contributed by atoms with E-state index in [2.05, 4.69) is 115 Å². The van der Waals surface area contributed by atoms with E-state index in [0.29, 0.717) is 11.1 Å². The van der Waals surface area contributed by atoms with E-state index in [0.717, 1.165) is 61.5 Å². The summed E-state index contributed by atoms with van der Waals surface area (Å²) in [6, 6.07) is 49.2. The first-order chi connectivity index (χ1) is 28.3. The molecule has 5 aromatic carbocycles. The Labute approximate surface area is 358 Å². The second-order valence-electron chi connectivity index (χ2n) is 16.6. The van der Waals surface area contributed by atoms with Crippen LogP contribution in [0.5, 0.6) is 0 Å². The van der Waals surface area contributed by atoms with E-state index in [9.17, 15) is 0 Å². The van der Waals surface area contributed by atoms with Crippen LogP contribution in [0.15, 0.2) is 144 Å². The van der Waals surface area contributed by atoms with Gasteiger partial charge in [0.1, 0.15) is 5.58 Å². The van der Waals surface area contributed by atoms with Crippen LogP contribution in [0, 0.1) is 24.9 Å². The Bertz CT molecular complexity index is 2720. The molecule has 1 fully saturated rings. The van der Waals surface area contributed by atoms with Crippen LogP contribution in [0.1, 0.15) is 54.8 Å². The molecule has 0 N–H and O–H groups in total. The molecule has 8 aromatic rings. The second-order valence-corrected chi connectivity index (χ2v) is 27.3. The summed E-state index contributed by atoms with van der Waals surface area (Å²) in [4.78, 5) is 9.36. The van der Waals surface area contributed by atoms with Crippen molar-refractivity contribution in [1.82, 2.24) is 9.97 Å². The zero-order chi connectivity index (χ0) is 41.4. The first-order valence-corrected chi connectivity index (χ1v) is 27.1. The van der Waals surface area contributed by atoms with Gasteiger partial charge in [-0.2, -0.15) is 0 Å². The molecule has 0 aliphatic heterocycles. The fourth-order valence-corrected chi connectivity index (χ4v) is 10.3. The van der Waals surface area contributed by atoms with Crippen molar-refractivity contribution in [3.8, 4) is 44.8 Å². The first kappa shape index (κ1) is 36.7. The van der Waals surface area contributed by atoms with Gasteiger partial charge in [0.15, 0.2) is 0 Å². The molecule has 1 aliphatic carbocycles. The third kappa shape index (κ3) is 8.65. The summed E-state index contributed by atoms with van der Waals surface area (Å²) in [6.45, 7) is 2.59. The number of aromatic nitrogens is 2. The third-order valence-electron chi connectivity index (χ3n) is 11.6. The van der Waals surface area contributed by atoms with Gasteiger partial charge in [0.2, 0.25) is 0 Å². The van der Waals surface area contributed by atoms with E-state index in [1.165, 1.54) is 41.2 Å². The summed E-state index contributed by atoms with van der Waals surface area (Å²) in [7, 11) is 0. The van der Waals surface area contributed by atoms with Crippen molar-refractivity contribution in [1.29, 1.82) is 0 Å². The Morgan fingerprint density at radius 2 is 1.47 bits per heavy atom. The van der Waals surface area contributed by atoms with E-state index in [4.69, 9.17) is 13.5 Å². The van der Waals surface area contributed by atoms with Crippen LogP contribution in [0.25, 0.3) is 66.7 Å². The summed E-state index contributed by atoms with van der Waals surface area (Å²) in [5, 5.41) is 2.24. The molecule has 0 amide bonds. The Balaban J connectivity index is 0.000000184. The van der Waals surface area contributed by atoms with E-state index in [-0.39, 0.29) is 25.5 Å². The number of hydrogen-bond donors (Lipinski definition) is 0. The molecule has 1 saturated carbocycles. The largest absolute Gasteiger partial charge is 0 e. The van der Waals surface area contributed by atoms with Gasteiger partial charge in [0.05, 0.1) is 5.58 Å². The van der Waals surface area contributed by atoms with Crippen LogP contribution >= 0.6 is 0 Å². The third-order valence-corrected chi connectivity index (χ3v) is 15.9. The van der Waals surface area contributed by atoms with Crippen LogP contribution in [-0.2, 0) is 25.5 Å². The summed E-state index contributed by atoms with van der Waals surface area (Å²) in [5.74, 6) is 7.74. The van der Waals surface area contributed by atoms with Crippen molar-refractivity contribution in [2.45, 2.75) is 69.1 Å². The van der Waals surface area contributed by atoms with Crippen molar-refractivity contribution in [2.75, 3.05) is 0 Å². The van der Waals surface area contributed by atoms with Gasteiger partial charge in [-0.3, -0.25) is 0 Å². The Hall–Kier alpha value is -4.61. The molecule has 1 aliphatic rings. The predicted molar refractivity (Wildman–Crippen MR) is 238 cm³/mol. The molecule has 3 heterocycles. The van der Waals surface area contributed by atoms with Gasteiger partial charge < -0.3 is 9.40 Å². The van der Waals surface area contributed by atoms with Crippen molar-refractivity contribution < 1.29 is 28.6 Å². The molecule has 0 unspecified atom stereocenters. The zero-order valence-electron chi connectivity index (χ0n) is 36.3. The van der Waals surface area contributed by atoms with E-state index in [1.807, 2.05) is 67.0 Å². The average Bonchev–Trinajstić information content (AvgIpc) is 3.93. The topological polar surface area (TPSA) is 38.9 Å². The normalized spacial score (nSPS) is 14.3. The van der Waals surface area contributed by atoms with Gasteiger partial charge in [-0.1, -0.05) is 86.2 Å². The molecule has 5 heteroatoms. The maximum absolute atomic E-state index is 7.84. The SMILES string of the molecule is CC(C)(c1ccnc(-c2[c-]ccc3c2oc2cc(-c4ccccc4)ccc23)c1)C1CCCC1.[2H]C([2H])([2H])c1c[c-]c(-c2cc[c]([Ge]([CH3])([CH3])[CH3])cn2)cc1-c1ccccc1.[Ir]. The van der Waals surface area contributed by atoms with Gasteiger partial charge in [-0.25, -0.2) is 0 Å². The van der Waals surface area contributed by atoms with E-state index < -0.39 is 20.1 Å². The van der Waals surface area contributed by atoms with Crippen LogP contribution < -0.4 is 4.40 Å². The molecular weight excluding hydrogens is 933 g/mol. The zero-order valence-corrected chi connectivity index (χ0v) is 37.8. The molecule has 0 atom stereocenters. The number of hydrogen-bond acceptors (Lipinski definition) is 3. The Morgan fingerprint density at radius 3 is 2.16 bits per heavy atom. The monoisotopic (exact) mass is 988 g/mol. The molecule has 9 rings (SSSR count). The molecule has 1 radical (unpaired) electrons. The summed E-state index contributed by atoms with van der Waals surface area (Å²) >= 11 is -1.91. The number of furan rings is 1. The van der Waals surface area contributed by atoms with Gasteiger partial charge in [-0.05, 0) is 58.7 Å². The Kier molecular flexibility index (Phi) is 11.0. The molecule has 0 spiro atoms. The molecule has 0 bridgehead atoms. The number of pyridine rings is 2. The summed E-state index contributed by atoms with van der Waals surface area (Å²) in [5.41, 5.74) is 11.0. The van der Waals surface area contributed by atoms with Crippen molar-refractivity contribution in [3.63, 3.8) is 0 Å². The molecule has 3 nitrogen and oxygen atoms in total. The van der Waals surface area contributed by atoms with Crippen molar-refractivity contribution in [2.24, 2.45) is 5.92 Å². The second kappa shape index (κ2) is 17.1. The Morgan fingerprint density at radius 1 is 0.737 bits per heavy atom. The minimum Gasteiger partial charge on any atom is 0 e. The minimum absolute atomic E-state index is 0. The molecule has 289 valence electrons. The molecule has 57 heavy (non-hydrogen) atoms. The maximum atomic E-state index is 7.84. The minimum atomic E-state index is -2.18. The molecule has 3 aromatic heterocycles. The summed E-state index contributed by atoms with van der Waals surface area (Å²) < 4.78 is 31.3. The molecule has 0 saturated heterocycles. The number of aryl methyl sites for hydroxylation is 1. The van der Waals surface area contributed by atoms with Crippen LogP contribution in [-0.4, -0.2) is 23.2 Å². The van der Waals surface area contributed by atoms with E-state index in [1.54, 1.807) is 6.07 Å². The van der Waals surface area contributed by atoms with Crippen molar-refractivity contribution >= 4 is 39.6 Å². The average molecular weight is 987 g/mol. The van der Waals surface area contributed by atoms with Gasteiger partial charge >= 0.3 is 146 Å². The first-order valence-electron chi connectivity index (χ1n) is 21.3. The van der Waals surface area contributed by atoms with Gasteiger partial charge in [0.25, 0.3) is 0 Å². The van der Waals surface area contributed by atoms with Crippen LogP contribution in [0.3, 0.4) is 0 Å². The van der Waals surface area contributed by atoms with E-state index >= 15 is 0 Å². The number of fused-ring (bicyclic) bond motifs is 3. The van der Waals surface area contributed by atoms with Crippen molar-refractivity contribution in [3.05, 3.63) is 163 Å². The molecular formula is C52H50GeIrN2O-2. The van der Waals surface area contributed by atoms with Crippen LogP contribution in [0.2, 0.25) is 17.3 Å². The maximum Gasteiger partial charge on any atom is 0 e. The van der Waals surface area contributed by atoms with Gasteiger partial charge in [-0.15, -0.1) is 18.2 Å². The predicted octanol–water partition coefficient (Wildman–Crippen LogP) is 13.6. The number of benzene rings is 5. The quantitative estimate of drug-likeness (QED) is 0.118. The number of nitrogens with zero attached hydrogens (tertiary/aromatic N) is 2. The number of rotatable bonds is 7. The van der Waals surface area contributed by atoms with Gasteiger partial charge in [0, 0.05) is 31.7 Å². The smallest absolute Gasteiger partial charge is 0 e.